The normalized spacial score (nSPS) is 9.88. The highest BCUT2D eigenvalue weighted by Gasteiger charge is 2.08. The first kappa shape index (κ1) is 19.0. The van der Waals surface area contributed by atoms with Crippen LogP contribution in [0.15, 0.2) is 61.2 Å². The number of anilines is 1. The molecule has 2 aromatic carbocycles. The Bertz CT molecular complexity index is 744. The zero-order chi connectivity index (χ0) is 18.8. The van der Waals surface area contributed by atoms with Crippen molar-refractivity contribution in [2.75, 3.05) is 18.7 Å². The van der Waals surface area contributed by atoms with E-state index in [1.54, 1.807) is 24.3 Å². The van der Waals surface area contributed by atoms with Crippen LogP contribution >= 0.6 is 0 Å². The number of nitrogens with one attached hydrogen (secondary N) is 1. The van der Waals surface area contributed by atoms with Gasteiger partial charge in [-0.25, -0.2) is 19.5 Å². The van der Waals surface area contributed by atoms with E-state index < -0.39 is 11.9 Å². The third-order valence-corrected chi connectivity index (χ3v) is 3.16. The minimum Gasteiger partial charge on any atom is -0.493 e. The molecule has 136 valence electrons. The molecule has 0 spiro atoms. The second-order valence-corrected chi connectivity index (χ2v) is 5.10. The molecular formula is C19H18FNO5. The zero-order valence-electron chi connectivity index (χ0n) is 13.9. The van der Waals surface area contributed by atoms with Crippen molar-refractivity contribution < 1.29 is 28.3 Å². The maximum absolute atomic E-state index is 12.8. The van der Waals surface area contributed by atoms with Crippen molar-refractivity contribution in [1.29, 1.82) is 0 Å². The van der Waals surface area contributed by atoms with Crippen LogP contribution < -0.4 is 10.2 Å². The minimum absolute atomic E-state index is 0.240. The van der Waals surface area contributed by atoms with E-state index in [0.717, 1.165) is 6.08 Å². The molecule has 7 heteroatoms. The van der Waals surface area contributed by atoms with E-state index in [1.807, 2.05) is 0 Å². The van der Waals surface area contributed by atoms with Crippen LogP contribution in [0.1, 0.15) is 16.8 Å². The van der Waals surface area contributed by atoms with Crippen molar-refractivity contribution in [2.45, 2.75) is 6.42 Å². The number of ether oxygens (including phenoxy) is 2. The number of halogens is 1. The molecule has 0 unspecified atom stereocenters. The first-order valence-electron chi connectivity index (χ1n) is 7.83. The van der Waals surface area contributed by atoms with Crippen LogP contribution in [0.3, 0.4) is 0 Å². The molecule has 2 aromatic rings. The molecule has 6 nitrogen and oxygen atoms in total. The number of hydrogen-bond donors (Lipinski definition) is 1. The average molecular weight is 359 g/mol. The van der Waals surface area contributed by atoms with E-state index in [2.05, 4.69) is 12.1 Å². The van der Waals surface area contributed by atoms with Gasteiger partial charge in [0.05, 0.1) is 24.5 Å². The largest absolute Gasteiger partial charge is 0.493 e. The van der Waals surface area contributed by atoms with Gasteiger partial charge in [0, 0.05) is 12.5 Å². The highest BCUT2D eigenvalue weighted by Crippen LogP contribution is 2.14. The number of carbonyl (C=O) groups is 2. The summed E-state index contributed by atoms with van der Waals surface area (Å²) in [5.41, 5.74) is 3.23. The van der Waals surface area contributed by atoms with Gasteiger partial charge in [0.2, 0.25) is 0 Å². The Labute approximate surface area is 150 Å². The smallest absolute Gasteiger partial charge is 0.362 e. The van der Waals surface area contributed by atoms with Gasteiger partial charge in [-0.2, -0.15) is 0 Å². The Kier molecular flexibility index (Phi) is 7.17. The molecular weight excluding hydrogens is 341 g/mol. The van der Waals surface area contributed by atoms with Crippen molar-refractivity contribution >= 4 is 17.6 Å². The lowest BCUT2D eigenvalue weighted by atomic mass is 10.2. The van der Waals surface area contributed by atoms with Crippen LogP contribution in [0.5, 0.6) is 5.75 Å². The van der Waals surface area contributed by atoms with Gasteiger partial charge in [0.25, 0.3) is 0 Å². The monoisotopic (exact) mass is 359 g/mol. The lowest BCUT2D eigenvalue weighted by Gasteiger charge is -2.08. The second kappa shape index (κ2) is 9.83. The Balaban J connectivity index is 1.73. The zero-order valence-corrected chi connectivity index (χ0v) is 13.9. The predicted molar refractivity (Wildman–Crippen MR) is 93.1 cm³/mol. The van der Waals surface area contributed by atoms with Crippen molar-refractivity contribution in [1.82, 2.24) is 0 Å². The number of rotatable bonds is 9. The molecule has 0 saturated heterocycles. The van der Waals surface area contributed by atoms with Gasteiger partial charge in [-0.3, -0.25) is 0 Å². The molecule has 0 saturated carbocycles. The van der Waals surface area contributed by atoms with Crippen molar-refractivity contribution in [3.8, 4) is 5.75 Å². The molecule has 0 aliphatic heterocycles. The first-order chi connectivity index (χ1) is 12.6. The fourth-order valence-corrected chi connectivity index (χ4v) is 1.85. The van der Waals surface area contributed by atoms with Gasteiger partial charge in [-0.15, -0.1) is 0 Å². The lowest BCUT2D eigenvalue weighted by Crippen LogP contribution is -2.11. The third kappa shape index (κ3) is 6.27. The summed E-state index contributed by atoms with van der Waals surface area (Å²) < 4.78 is 23.1. The Morgan fingerprint density at radius 2 is 1.73 bits per heavy atom. The summed E-state index contributed by atoms with van der Waals surface area (Å²) in [5.74, 6) is -0.862. The SMILES string of the molecule is C=CC(=O)OCCCOc1ccc(C(=O)ONc2ccc(F)cc2)cc1. The highest BCUT2D eigenvalue weighted by atomic mass is 19.1. The summed E-state index contributed by atoms with van der Waals surface area (Å²) in [6, 6.07) is 11.8. The van der Waals surface area contributed by atoms with E-state index in [9.17, 15) is 14.0 Å². The van der Waals surface area contributed by atoms with Gasteiger partial charge >= 0.3 is 11.9 Å². The van der Waals surface area contributed by atoms with Crippen LogP contribution in [0.2, 0.25) is 0 Å². The minimum atomic E-state index is -0.586. The van der Waals surface area contributed by atoms with E-state index in [4.69, 9.17) is 14.3 Å². The van der Waals surface area contributed by atoms with Crippen LogP contribution in [0.4, 0.5) is 10.1 Å². The summed E-state index contributed by atoms with van der Waals surface area (Å²) in [7, 11) is 0. The maximum atomic E-state index is 12.8. The fourth-order valence-electron chi connectivity index (χ4n) is 1.85. The molecule has 0 bridgehead atoms. The van der Waals surface area contributed by atoms with Crippen LogP contribution in [-0.4, -0.2) is 25.2 Å². The van der Waals surface area contributed by atoms with E-state index in [1.165, 1.54) is 24.3 Å². The van der Waals surface area contributed by atoms with Crippen LogP contribution in [-0.2, 0) is 14.4 Å². The summed E-state index contributed by atoms with van der Waals surface area (Å²) in [5, 5.41) is 0. The van der Waals surface area contributed by atoms with Crippen molar-refractivity contribution in [2.24, 2.45) is 0 Å². The fraction of sp³-hybridized carbons (Fsp3) is 0.158. The van der Waals surface area contributed by atoms with Gasteiger partial charge < -0.3 is 14.3 Å². The average Bonchev–Trinajstić information content (AvgIpc) is 2.67. The lowest BCUT2D eigenvalue weighted by molar-refractivity contribution is -0.137. The molecule has 0 fully saturated rings. The second-order valence-electron chi connectivity index (χ2n) is 5.10. The van der Waals surface area contributed by atoms with E-state index >= 15 is 0 Å². The molecule has 0 radical (unpaired) electrons. The van der Waals surface area contributed by atoms with Gasteiger partial charge in [-0.1, -0.05) is 6.58 Å². The Morgan fingerprint density at radius 3 is 2.38 bits per heavy atom. The molecule has 0 amide bonds. The molecule has 26 heavy (non-hydrogen) atoms. The standard InChI is InChI=1S/C19H18FNO5/c1-2-18(22)25-13-3-12-24-17-10-4-14(5-11-17)19(23)26-21-16-8-6-15(20)7-9-16/h2,4-11,21H,1,3,12-13H2. The van der Waals surface area contributed by atoms with Crippen LogP contribution in [0.25, 0.3) is 0 Å². The molecule has 0 aromatic heterocycles. The molecule has 0 heterocycles. The molecule has 0 atom stereocenters. The number of benzene rings is 2. The van der Waals surface area contributed by atoms with Crippen molar-refractivity contribution in [3.05, 3.63) is 72.6 Å². The van der Waals surface area contributed by atoms with Crippen LogP contribution in [0, 0.1) is 5.82 Å². The topological polar surface area (TPSA) is 73.9 Å². The first-order valence-corrected chi connectivity index (χ1v) is 7.83. The summed E-state index contributed by atoms with van der Waals surface area (Å²) in [6.45, 7) is 3.90. The third-order valence-electron chi connectivity index (χ3n) is 3.16. The van der Waals surface area contributed by atoms with E-state index in [-0.39, 0.29) is 12.4 Å². The van der Waals surface area contributed by atoms with Crippen molar-refractivity contribution in [3.63, 3.8) is 0 Å². The molecule has 2 rings (SSSR count). The summed E-state index contributed by atoms with van der Waals surface area (Å²) >= 11 is 0. The number of carbonyl (C=O) groups excluding carboxylic acids is 2. The van der Waals surface area contributed by atoms with Gasteiger partial charge in [0.1, 0.15) is 11.6 Å². The summed E-state index contributed by atoms with van der Waals surface area (Å²) in [6.07, 6.45) is 1.63. The maximum Gasteiger partial charge on any atom is 0.362 e. The highest BCUT2D eigenvalue weighted by molar-refractivity contribution is 5.90. The van der Waals surface area contributed by atoms with Gasteiger partial charge in [0.15, 0.2) is 0 Å². The quantitative estimate of drug-likeness (QED) is 0.320. The predicted octanol–water partition coefficient (Wildman–Crippen LogP) is 3.51. The molecule has 0 aliphatic rings. The number of hydrogen-bond acceptors (Lipinski definition) is 6. The molecule has 0 aliphatic carbocycles. The summed E-state index contributed by atoms with van der Waals surface area (Å²) in [4.78, 5) is 27.7. The Hall–Kier alpha value is -3.35. The Morgan fingerprint density at radius 1 is 1.04 bits per heavy atom. The number of esters is 1. The van der Waals surface area contributed by atoms with E-state index in [0.29, 0.717) is 30.0 Å². The molecule has 1 N–H and O–H groups in total. The van der Waals surface area contributed by atoms with Gasteiger partial charge in [-0.05, 0) is 48.5 Å².